The second-order valence-corrected chi connectivity index (χ2v) is 5.20. The summed E-state index contributed by atoms with van der Waals surface area (Å²) in [6, 6.07) is 4.52. The predicted octanol–water partition coefficient (Wildman–Crippen LogP) is 2.78. The van der Waals surface area contributed by atoms with E-state index in [4.69, 9.17) is 0 Å². The van der Waals surface area contributed by atoms with Gasteiger partial charge >= 0.3 is 5.97 Å². The van der Waals surface area contributed by atoms with E-state index in [1.54, 1.807) is 6.07 Å². The van der Waals surface area contributed by atoms with Crippen molar-refractivity contribution < 1.29 is 14.8 Å². The maximum absolute atomic E-state index is 11.2. The number of nitrogens with zero attached hydrogens (tertiary/aromatic N) is 1. The summed E-state index contributed by atoms with van der Waals surface area (Å²) in [7, 11) is 0. The third-order valence-corrected chi connectivity index (χ3v) is 3.64. The van der Waals surface area contributed by atoms with Gasteiger partial charge in [-0.25, -0.2) is 4.79 Å². The van der Waals surface area contributed by atoms with Crippen molar-refractivity contribution in [3.05, 3.63) is 32.8 Å². The van der Waals surface area contributed by atoms with Crippen LogP contribution in [0.5, 0.6) is 0 Å². The Morgan fingerprint density at radius 2 is 2.17 bits per heavy atom. The van der Waals surface area contributed by atoms with Gasteiger partial charge in [-0.15, -0.1) is 0 Å². The third kappa shape index (κ3) is 2.17. The molecule has 2 N–H and O–H groups in total. The Labute approximate surface area is 111 Å². The smallest absolute Gasteiger partial charge is 0.329 e. The molecular formula is C11H11BrN2O4. The molecule has 1 aromatic carbocycles. The molecule has 0 aromatic heterocycles. The Kier molecular flexibility index (Phi) is 3.25. The van der Waals surface area contributed by atoms with Crippen molar-refractivity contribution in [1.29, 1.82) is 0 Å². The Hall–Kier alpha value is -1.63. The number of halogens is 1. The van der Waals surface area contributed by atoms with Crippen molar-refractivity contribution in [2.24, 2.45) is 0 Å². The fraction of sp³-hybridized carbons (Fsp3) is 0.364. The highest BCUT2D eigenvalue weighted by Crippen LogP contribution is 2.38. The number of benzene rings is 1. The largest absolute Gasteiger partial charge is 0.480 e. The molecule has 6 nitrogen and oxygen atoms in total. The minimum Gasteiger partial charge on any atom is -0.480 e. The van der Waals surface area contributed by atoms with Crippen LogP contribution in [0.2, 0.25) is 0 Å². The van der Waals surface area contributed by atoms with Gasteiger partial charge in [0, 0.05) is 10.5 Å². The SMILES string of the molecule is O=C(O)C1(Nc2ccc(Br)cc2[N+](=O)[O-])CCC1. The lowest BCUT2D eigenvalue weighted by Gasteiger charge is -2.38. The fourth-order valence-corrected chi connectivity index (χ4v) is 2.29. The molecule has 1 fully saturated rings. The second-order valence-electron chi connectivity index (χ2n) is 4.28. The zero-order chi connectivity index (χ0) is 13.3. The third-order valence-electron chi connectivity index (χ3n) is 3.15. The Morgan fingerprint density at radius 3 is 2.61 bits per heavy atom. The van der Waals surface area contributed by atoms with E-state index in [0.717, 1.165) is 6.42 Å². The summed E-state index contributed by atoms with van der Waals surface area (Å²) in [4.78, 5) is 21.6. The number of aliphatic carboxylic acids is 1. The van der Waals surface area contributed by atoms with Gasteiger partial charge in [-0.2, -0.15) is 0 Å². The zero-order valence-corrected chi connectivity index (χ0v) is 10.9. The molecule has 0 bridgehead atoms. The molecule has 0 unspecified atom stereocenters. The Morgan fingerprint density at radius 1 is 1.50 bits per heavy atom. The van der Waals surface area contributed by atoms with Crippen molar-refractivity contribution in [3.8, 4) is 0 Å². The Balaban J connectivity index is 2.34. The number of nitro groups is 1. The molecule has 0 aliphatic heterocycles. The minimum atomic E-state index is -1.06. The Bertz CT molecular complexity index is 514. The van der Waals surface area contributed by atoms with E-state index in [0.29, 0.717) is 17.3 Å². The number of carboxylic acid groups (broad SMARTS) is 1. The summed E-state index contributed by atoms with van der Waals surface area (Å²) in [5.74, 6) is -0.967. The summed E-state index contributed by atoms with van der Waals surface area (Å²) < 4.78 is 0.581. The molecule has 0 amide bonds. The number of hydrogen-bond acceptors (Lipinski definition) is 4. The molecule has 0 spiro atoms. The van der Waals surface area contributed by atoms with Crippen molar-refractivity contribution in [3.63, 3.8) is 0 Å². The van der Waals surface area contributed by atoms with Gasteiger partial charge in [0.05, 0.1) is 4.92 Å². The zero-order valence-electron chi connectivity index (χ0n) is 9.35. The standard InChI is InChI=1S/C11H11BrN2O4/c12-7-2-3-8(9(6-7)14(17)18)13-11(10(15)16)4-1-5-11/h2-3,6,13H,1,4-5H2,(H,15,16). The lowest BCUT2D eigenvalue weighted by atomic mass is 9.76. The summed E-state index contributed by atoms with van der Waals surface area (Å²) in [5, 5.41) is 22.9. The van der Waals surface area contributed by atoms with Crippen LogP contribution in [0.4, 0.5) is 11.4 Å². The van der Waals surface area contributed by atoms with Gasteiger partial charge in [-0.05, 0) is 31.4 Å². The highest BCUT2D eigenvalue weighted by molar-refractivity contribution is 9.10. The van der Waals surface area contributed by atoms with Gasteiger partial charge in [0.25, 0.3) is 5.69 Å². The van der Waals surface area contributed by atoms with Crippen LogP contribution < -0.4 is 5.32 Å². The van der Waals surface area contributed by atoms with Gasteiger partial charge in [-0.1, -0.05) is 15.9 Å². The first-order valence-corrected chi connectivity index (χ1v) is 6.19. The number of carboxylic acids is 1. The average molecular weight is 315 g/mol. The summed E-state index contributed by atoms with van der Waals surface area (Å²) >= 11 is 3.16. The first-order valence-electron chi connectivity index (χ1n) is 5.40. The lowest BCUT2D eigenvalue weighted by molar-refractivity contribution is -0.384. The maximum atomic E-state index is 11.2. The van der Waals surface area contributed by atoms with Crippen LogP contribution in [-0.2, 0) is 4.79 Å². The summed E-state index contributed by atoms with van der Waals surface area (Å²) in [6.45, 7) is 0. The van der Waals surface area contributed by atoms with Gasteiger partial charge in [0.15, 0.2) is 0 Å². The highest BCUT2D eigenvalue weighted by atomic mass is 79.9. The molecule has 1 aliphatic rings. The quantitative estimate of drug-likeness (QED) is 0.658. The van der Waals surface area contributed by atoms with Gasteiger partial charge < -0.3 is 10.4 Å². The van der Waals surface area contributed by atoms with E-state index < -0.39 is 16.4 Å². The molecule has 96 valence electrons. The fourth-order valence-electron chi connectivity index (χ4n) is 1.94. The lowest BCUT2D eigenvalue weighted by Crippen LogP contribution is -2.52. The first-order chi connectivity index (χ1) is 8.44. The van der Waals surface area contributed by atoms with Crippen LogP contribution in [0.15, 0.2) is 22.7 Å². The number of nitro benzene ring substituents is 1. The molecule has 1 aromatic rings. The van der Waals surface area contributed by atoms with E-state index >= 15 is 0 Å². The molecular weight excluding hydrogens is 304 g/mol. The van der Waals surface area contributed by atoms with Crippen LogP contribution in [0.1, 0.15) is 19.3 Å². The van der Waals surface area contributed by atoms with E-state index in [1.807, 2.05) is 0 Å². The molecule has 1 aliphatic carbocycles. The summed E-state index contributed by atoms with van der Waals surface area (Å²) in [6.07, 6.45) is 1.77. The predicted molar refractivity (Wildman–Crippen MR) is 68.6 cm³/mol. The minimum absolute atomic E-state index is 0.128. The molecule has 0 atom stereocenters. The average Bonchev–Trinajstić information content (AvgIpc) is 2.24. The highest BCUT2D eigenvalue weighted by Gasteiger charge is 2.45. The number of nitrogens with one attached hydrogen (secondary N) is 1. The molecule has 2 rings (SSSR count). The molecule has 0 heterocycles. The molecule has 0 radical (unpaired) electrons. The number of carbonyl (C=O) groups is 1. The van der Waals surface area contributed by atoms with E-state index in [-0.39, 0.29) is 11.4 Å². The molecule has 7 heteroatoms. The number of anilines is 1. The second kappa shape index (κ2) is 4.56. The van der Waals surface area contributed by atoms with Crippen LogP contribution in [0.3, 0.4) is 0 Å². The normalized spacial score (nSPS) is 16.7. The monoisotopic (exact) mass is 314 g/mol. The number of hydrogen-bond donors (Lipinski definition) is 2. The van der Waals surface area contributed by atoms with Gasteiger partial charge in [-0.3, -0.25) is 10.1 Å². The maximum Gasteiger partial charge on any atom is 0.329 e. The number of rotatable bonds is 4. The van der Waals surface area contributed by atoms with E-state index in [9.17, 15) is 20.0 Å². The van der Waals surface area contributed by atoms with Crippen molar-refractivity contribution in [2.45, 2.75) is 24.8 Å². The first kappa shape index (κ1) is 12.8. The van der Waals surface area contributed by atoms with Gasteiger partial charge in [0.2, 0.25) is 0 Å². The molecule has 18 heavy (non-hydrogen) atoms. The van der Waals surface area contributed by atoms with Crippen LogP contribution in [0, 0.1) is 10.1 Å². The van der Waals surface area contributed by atoms with E-state index in [2.05, 4.69) is 21.2 Å². The van der Waals surface area contributed by atoms with E-state index in [1.165, 1.54) is 12.1 Å². The van der Waals surface area contributed by atoms with Gasteiger partial charge in [0.1, 0.15) is 11.2 Å². The van der Waals surface area contributed by atoms with Crippen LogP contribution >= 0.6 is 15.9 Å². The topological polar surface area (TPSA) is 92.5 Å². The van der Waals surface area contributed by atoms with Crippen LogP contribution in [0.25, 0.3) is 0 Å². The van der Waals surface area contributed by atoms with Crippen molar-refractivity contribution in [2.75, 3.05) is 5.32 Å². The van der Waals surface area contributed by atoms with Crippen molar-refractivity contribution in [1.82, 2.24) is 0 Å². The molecule has 1 saturated carbocycles. The molecule has 0 saturated heterocycles. The van der Waals surface area contributed by atoms with Crippen molar-refractivity contribution >= 4 is 33.3 Å². The summed E-state index contributed by atoms with van der Waals surface area (Å²) in [5.41, 5.74) is -0.944. The van der Waals surface area contributed by atoms with Crippen LogP contribution in [-0.4, -0.2) is 21.5 Å².